The van der Waals surface area contributed by atoms with Crippen LogP contribution in [0.2, 0.25) is 0 Å². The highest BCUT2D eigenvalue weighted by molar-refractivity contribution is 6.22. The van der Waals surface area contributed by atoms with Crippen molar-refractivity contribution in [3.05, 3.63) is 35.4 Å². The summed E-state index contributed by atoms with van der Waals surface area (Å²) in [6.45, 7) is 2.63. The molecule has 1 aromatic carbocycles. The van der Waals surface area contributed by atoms with Crippen LogP contribution in [0.15, 0.2) is 24.3 Å². The van der Waals surface area contributed by atoms with Crippen molar-refractivity contribution in [2.24, 2.45) is 0 Å². The topological polar surface area (TPSA) is 66.5 Å². The molecule has 0 unspecified atom stereocenters. The van der Waals surface area contributed by atoms with Crippen molar-refractivity contribution in [3.63, 3.8) is 0 Å². The number of imide groups is 1. The average Bonchev–Trinajstić information content (AvgIpc) is 2.91. The fourth-order valence-corrected chi connectivity index (χ4v) is 3.42. The molecule has 3 amide bonds. The van der Waals surface area contributed by atoms with Gasteiger partial charge in [-0.2, -0.15) is 0 Å². The highest BCUT2D eigenvalue weighted by atomic mass is 16.2. The molecule has 1 aromatic rings. The maximum absolute atomic E-state index is 12.2. The second kappa shape index (κ2) is 11.5. The standard InChI is InChI=1S/C22H32N2O3/c1-2-3-4-5-6-7-8-9-10-13-16-23-20(25)17-24-21(26)18-14-11-12-15-19(18)22(24)27/h11-12,14-15H,2-10,13,16-17H2,1H3,(H,23,25). The van der Waals surface area contributed by atoms with Crippen LogP contribution in [0.1, 0.15) is 91.8 Å². The molecule has 0 bridgehead atoms. The smallest absolute Gasteiger partial charge is 0.262 e. The molecule has 0 atom stereocenters. The maximum atomic E-state index is 12.2. The summed E-state index contributed by atoms with van der Waals surface area (Å²) in [6, 6.07) is 6.69. The number of carbonyl (C=O) groups is 3. The Morgan fingerprint density at radius 2 is 1.30 bits per heavy atom. The quantitative estimate of drug-likeness (QED) is 0.414. The molecule has 1 N–H and O–H groups in total. The lowest BCUT2D eigenvalue weighted by Crippen LogP contribution is -2.40. The number of benzene rings is 1. The van der Waals surface area contributed by atoms with Gasteiger partial charge in [0.25, 0.3) is 11.8 Å². The first kappa shape index (κ1) is 21.1. The summed E-state index contributed by atoms with van der Waals surface area (Å²) < 4.78 is 0. The summed E-state index contributed by atoms with van der Waals surface area (Å²) in [7, 11) is 0. The third kappa shape index (κ3) is 6.49. The third-order valence-electron chi connectivity index (χ3n) is 5.03. The number of unbranched alkanes of at least 4 members (excludes halogenated alkanes) is 9. The third-order valence-corrected chi connectivity index (χ3v) is 5.03. The first-order valence-electron chi connectivity index (χ1n) is 10.4. The summed E-state index contributed by atoms with van der Waals surface area (Å²) in [5.74, 6) is -1.05. The van der Waals surface area contributed by atoms with Crippen LogP contribution < -0.4 is 5.32 Å². The average molecular weight is 373 g/mol. The van der Waals surface area contributed by atoms with Crippen LogP contribution in [0.5, 0.6) is 0 Å². The summed E-state index contributed by atoms with van der Waals surface area (Å²) >= 11 is 0. The Balaban J connectivity index is 1.54. The molecular formula is C22H32N2O3. The Morgan fingerprint density at radius 1 is 0.815 bits per heavy atom. The number of rotatable bonds is 13. The van der Waals surface area contributed by atoms with E-state index in [1.807, 2.05) is 0 Å². The molecule has 148 valence electrons. The lowest BCUT2D eigenvalue weighted by Gasteiger charge is -2.13. The fraction of sp³-hybridized carbons (Fsp3) is 0.591. The highest BCUT2D eigenvalue weighted by Crippen LogP contribution is 2.21. The van der Waals surface area contributed by atoms with Crippen LogP contribution in [-0.2, 0) is 4.79 Å². The van der Waals surface area contributed by atoms with Gasteiger partial charge in [0.05, 0.1) is 11.1 Å². The van der Waals surface area contributed by atoms with Gasteiger partial charge in [0.15, 0.2) is 0 Å². The number of nitrogens with one attached hydrogen (secondary N) is 1. The van der Waals surface area contributed by atoms with E-state index in [2.05, 4.69) is 12.2 Å². The molecule has 5 nitrogen and oxygen atoms in total. The molecule has 0 saturated heterocycles. The predicted molar refractivity (Wildman–Crippen MR) is 107 cm³/mol. The van der Waals surface area contributed by atoms with E-state index in [0.717, 1.165) is 17.7 Å². The lowest BCUT2D eigenvalue weighted by atomic mass is 10.1. The normalized spacial score (nSPS) is 13.1. The van der Waals surface area contributed by atoms with E-state index < -0.39 is 0 Å². The van der Waals surface area contributed by atoms with E-state index >= 15 is 0 Å². The van der Waals surface area contributed by atoms with Gasteiger partial charge in [-0.3, -0.25) is 19.3 Å². The molecular weight excluding hydrogens is 340 g/mol. The van der Waals surface area contributed by atoms with Gasteiger partial charge in [0.1, 0.15) is 6.54 Å². The van der Waals surface area contributed by atoms with E-state index in [9.17, 15) is 14.4 Å². The Bertz CT molecular complexity index is 607. The van der Waals surface area contributed by atoms with E-state index in [1.165, 1.54) is 51.4 Å². The van der Waals surface area contributed by atoms with Gasteiger partial charge in [-0.25, -0.2) is 0 Å². The molecule has 27 heavy (non-hydrogen) atoms. The minimum Gasteiger partial charge on any atom is -0.355 e. The summed E-state index contributed by atoms with van der Waals surface area (Å²) in [5.41, 5.74) is 0.759. The van der Waals surface area contributed by atoms with Gasteiger partial charge in [-0.05, 0) is 18.6 Å². The zero-order chi connectivity index (χ0) is 19.5. The molecule has 1 aliphatic heterocycles. The van der Waals surface area contributed by atoms with Crippen molar-refractivity contribution in [3.8, 4) is 0 Å². The number of fused-ring (bicyclic) bond motifs is 1. The second-order valence-corrected chi connectivity index (χ2v) is 7.27. The van der Waals surface area contributed by atoms with Crippen molar-refractivity contribution in [2.75, 3.05) is 13.1 Å². The Morgan fingerprint density at radius 3 is 1.81 bits per heavy atom. The first-order chi connectivity index (χ1) is 13.1. The monoisotopic (exact) mass is 372 g/mol. The van der Waals surface area contributed by atoms with Crippen LogP contribution in [0.4, 0.5) is 0 Å². The maximum Gasteiger partial charge on any atom is 0.262 e. The first-order valence-corrected chi connectivity index (χ1v) is 10.4. The van der Waals surface area contributed by atoms with Gasteiger partial charge >= 0.3 is 0 Å². The molecule has 0 fully saturated rings. The zero-order valence-electron chi connectivity index (χ0n) is 16.5. The Hall–Kier alpha value is -2.17. The summed E-state index contributed by atoms with van der Waals surface area (Å²) in [4.78, 5) is 37.5. The predicted octanol–water partition coefficient (Wildman–Crippen LogP) is 4.32. The van der Waals surface area contributed by atoms with Gasteiger partial charge in [-0.15, -0.1) is 0 Å². The number of nitrogens with zero attached hydrogens (tertiary/aromatic N) is 1. The van der Waals surface area contributed by atoms with Crippen LogP contribution in [0.3, 0.4) is 0 Å². The number of amides is 3. The number of hydrogen-bond acceptors (Lipinski definition) is 3. The number of carbonyl (C=O) groups excluding carboxylic acids is 3. The van der Waals surface area contributed by atoms with Crippen molar-refractivity contribution >= 4 is 17.7 Å². The van der Waals surface area contributed by atoms with Gasteiger partial charge < -0.3 is 5.32 Å². The lowest BCUT2D eigenvalue weighted by molar-refractivity contribution is -0.121. The van der Waals surface area contributed by atoms with Crippen molar-refractivity contribution in [1.29, 1.82) is 0 Å². The molecule has 0 spiro atoms. The van der Waals surface area contributed by atoms with Gasteiger partial charge in [0, 0.05) is 6.54 Å². The Kier molecular flexibility index (Phi) is 9.02. The molecule has 1 aliphatic rings. The van der Waals surface area contributed by atoms with Crippen LogP contribution >= 0.6 is 0 Å². The van der Waals surface area contributed by atoms with Crippen molar-refractivity contribution < 1.29 is 14.4 Å². The molecule has 0 aromatic heterocycles. The molecule has 0 aliphatic carbocycles. The van der Waals surface area contributed by atoms with Crippen molar-refractivity contribution in [1.82, 2.24) is 10.2 Å². The van der Waals surface area contributed by atoms with Crippen molar-refractivity contribution in [2.45, 2.75) is 71.1 Å². The summed E-state index contributed by atoms with van der Waals surface area (Å²) in [5, 5.41) is 2.82. The molecule has 0 saturated carbocycles. The zero-order valence-corrected chi connectivity index (χ0v) is 16.5. The molecule has 0 radical (unpaired) electrons. The van der Waals surface area contributed by atoms with E-state index in [-0.39, 0.29) is 24.3 Å². The highest BCUT2D eigenvalue weighted by Gasteiger charge is 2.36. The fourth-order valence-electron chi connectivity index (χ4n) is 3.42. The van der Waals surface area contributed by atoms with Crippen LogP contribution in [0, 0.1) is 0 Å². The molecule has 5 heteroatoms. The SMILES string of the molecule is CCCCCCCCCCCCNC(=O)CN1C(=O)c2ccccc2C1=O. The number of hydrogen-bond donors (Lipinski definition) is 1. The van der Waals surface area contributed by atoms with Gasteiger partial charge in [0.2, 0.25) is 5.91 Å². The Labute approximate surface area is 162 Å². The van der Waals surface area contributed by atoms with E-state index in [0.29, 0.717) is 17.7 Å². The molecule has 2 rings (SSSR count). The molecule has 1 heterocycles. The minimum absolute atomic E-state index is 0.204. The van der Waals surface area contributed by atoms with Crippen LogP contribution in [-0.4, -0.2) is 35.7 Å². The van der Waals surface area contributed by atoms with Gasteiger partial charge in [-0.1, -0.05) is 76.8 Å². The second-order valence-electron chi connectivity index (χ2n) is 7.27. The summed E-state index contributed by atoms with van der Waals surface area (Å²) in [6.07, 6.45) is 12.5. The largest absolute Gasteiger partial charge is 0.355 e. The van der Waals surface area contributed by atoms with E-state index in [4.69, 9.17) is 0 Å². The van der Waals surface area contributed by atoms with E-state index in [1.54, 1.807) is 24.3 Å². The van der Waals surface area contributed by atoms with Crippen LogP contribution in [0.25, 0.3) is 0 Å². The minimum atomic E-state index is -0.385.